The van der Waals surface area contributed by atoms with Crippen LogP contribution in [0, 0.1) is 0 Å². The molecule has 0 aliphatic heterocycles. The van der Waals surface area contributed by atoms with Gasteiger partial charge in [0.15, 0.2) is 0 Å². The third-order valence-corrected chi connectivity index (χ3v) is 3.76. The Morgan fingerprint density at radius 1 is 1.19 bits per heavy atom. The molecule has 0 radical (unpaired) electrons. The van der Waals surface area contributed by atoms with E-state index in [9.17, 15) is 18.0 Å². The molecule has 0 spiro atoms. The Hall–Kier alpha value is -3.03. The highest BCUT2D eigenvalue weighted by molar-refractivity contribution is 5.94. The van der Waals surface area contributed by atoms with E-state index in [4.69, 9.17) is 0 Å². The minimum atomic E-state index is -4.73. The molecule has 0 aliphatic carbocycles. The van der Waals surface area contributed by atoms with Crippen molar-refractivity contribution in [2.45, 2.75) is 26.3 Å². The largest absolute Gasteiger partial charge is 0.573 e. The van der Waals surface area contributed by atoms with Gasteiger partial charge in [-0.25, -0.2) is 4.98 Å². The van der Waals surface area contributed by atoms with Gasteiger partial charge in [-0.3, -0.25) is 9.20 Å². The van der Waals surface area contributed by atoms with Gasteiger partial charge in [0, 0.05) is 12.7 Å². The zero-order valence-corrected chi connectivity index (χ0v) is 13.9. The van der Waals surface area contributed by atoms with E-state index in [1.807, 2.05) is 25.1 Å². The van der Waals surface area contributed by atoms with Gasteiger partial charge in [-0.15, -0.1) is 13.2 Å². The summed E-state index contributed by atoms with van der Waals surface area (Å²) in [7, 11) is 0. The number of alkyl halides is 3. The Labute approximate surface area is 147 Å². The summed E-state index contributed by atoms with van der Waals surface area (Å²) in [5.41, 5.74) is 2.48. The van der Waals surface area contributed by atoms with Gasteiger partial charge >= 0.3 is 6.36 Å². The van der Waals surface area contributed by atoms with Crippen LogP contribution in [0.4, 0.5) is 13.2 Å². The molecule has 1 N–H and O–H groups in total. The number of hydrogen-bond acceptors (Lipinski definition) is 3. The minimum absolute atomic E-state index is 0.175. The lowest BCUT2D eigenvalue weighted by molar-refractivity contribution is -0.274. The van der Waals surface area contributed by atoms with Crippen LogP contribution < -0.4 is 10.1 Å². The molecule has 0 unspecified atom stereocenters. The third-order valence-electron chi connectivity index (χ3n) is 3.76. The first-order valence-corrected chi connectivity index (χ1v) is 7.96. The first-order chi connectivity index (χ1) is 12.4. The van der Waals surface area contributed by atoms with Crippen LogP contribution in [0.1, 0.15) is 28.7 Å². The van der Waals surface area contributed by atoms with Crippen molar-refractivity contribution in [2.24, 2.45) is 0 Å². The summed E-state index contributed by atoms with van der Waals surface area (Å²) in [6.07, 6.45) is -2.36. The Morgan fingerprint density at radius 3 is 2.58 bits per heavy atom. The molecule has 1 aromatic carbocycles. The maximum absolute atomic E-state index is 12.6. The molecule has 3 aromatic rings. The molecule has 0 atom stereocenters. The highest BCUT2D eigenvalue weighted by atomic mass is 19.4. The molecule has 1 amide bonds. The van der Waals surface area contributed by atoms with E-state index < -0.39 is 6.36 Å². The molecule has 0 fully saturated rings. The number of carbonyl (C=O) groups is 1. The SMILES string of the molecule is CCc1nc2ccccn2c1C(=O)NCc1ccc(OC(F)(F)F)cc1. The van der Waals surface area contributed by atoms with Crippen LogP contribution in [0.5, 0.6) is 5.75 Å². The van der Waals surface area contributed by atoms with Crippen LogP contribution >= 0.6 is 0 Å². The van der Waals surface area contributed by atoms with E-state index in [1.165, 1.54) is 24.3 Å². The van der Waals surface area contributed by atoms with E-state index >= 15 is 0 Å². The van der Waals surface area contributed by atoms with Crippen molar-refractivity contribution >= 4 is 11.6 Å². The molecule has 3 rings (SSSR count). The van der Waals surface area contributed by atoms with Gasteiger partial charge in [-0.2, -0.15) is 0 Å². The van der Waals surface area contributed by atoms with Crippen LogP contribution in [0.15, 0.2) is 48.7 Å². The van der Waals surface area contributed by atoms with Gasteiger partial charge in [0.2, 0.25) is 0 Å². The average molecular weight is 363 g/mol. The second-order valence-electron chi connectivity index (χ2n) is 5.56. The second kappa shape index (κ2) is 7.07. The van der Waals surface area contributed by atoms with Crippen molar-refractivity contribution in [2.75, 3.05) is 0 Å². The van der Waals surface area contributed by atoms with Crippen LogP contribution in [0.25, 0.3) is 5.65 Å². The van der Waals surface area contributed by atoms with Crippen LogP contribution in [-0.4, -0.2) is 21.7 Å². The number of hydrogen-bond donors (Lipinski definition) is 1. The predicted octanol–water partition coefficient (Wildman–Crippen LogP) is 3.73. The number of nitrogens with one attached hydrogen (secondary N) is 1. The second-order valence-corrected chi connectivity index (χ2v) is 5.56. The highest BCUT2D eigenvalue weighted by Gasteiger charge is 2.30. The maximum Gasteiger partial charge on any atom is 0.573 e. The molecule has 0 bridgehead atoms. The average Bonchev–Trinajstić information content (AvgIpc) is 2.98. The number of imidazole rings is 1. The number of nitrogens with zero attached hydrogens (tertiary/aromatic N) is 2. The number of rotatable bonds is 5. The van der Waals surface area contributed by atoms with Crippen LogP contribution in [0.3, 0.4) is 0 Å². The zero-order valence-electron chi connectivity index (χ0n) is 13.9. The fourth-order valence-electron chi connectivity index (χ4n) is 2.61. The van der Waals surface area contributed by atoms with Crippen molar-refractivity contribution in [3.05, 3.63) is 65.6 Å². The lowest BCUT2D eigenvalue weighted by Gasteiger charge is -2.10. The molecule has 0 saturated carbocycles. The molecule has 5 nitrogen and oxygen atoms in total. The number of amides is 1. The topological polar surface area (TPSA) is 55.6 Å². The van der Waals surface area contributed by atoms with E-state index in [0.717, 1.165) is 0 Å². The number of pyridine rings is 1. The fourth-order valence-corrected chi connectivity index (χ4v) is 2.61. The van der Waals surface area contributed by atoms with Crippen molar-refractivity contribution in [1.82, 2.24) is 14.7 Å². The Kier molecular flexibility index (Phi) is 4.83. The molecule has 0 aliphatic rings. The Balaban J connectivity index is 1.71. The number of fused-ring (bicyclic) bond motifs is 1. The summed E-state index contributed by atoms with van der Waals surface area (Å²) in [5.74, 6) is -0.598. The maximum atomic E-state index is 12.6. The monoisotopic (exact) mass is 363 g/mol. The fraction of sp³-hybridized carbons (Fsp3) is 0.222. The first-order valence-electron chi connectivity index (χ1n) is 7.96. The van der Waals surface area contributed by atoms with Crippen molar-refractivity contribution in [1.29, 1.82) is 0 Å². The Morgan fingerprint density at radius 2 is 1.92 bits per heavy atom. The van der Waals surface area contributed by atoms with Crippen molar-refractivity contribution < 1.29 is 22.7 Å². The molecule has 0 saturated heterocycles. The summed E-state index contributed by atoms with van der Waals surface area (Å²) >= 11 is 0. The molecule has 2 heterocycles. The number of carbonyl (C=O) groups excluding carboxylic acids is 1. The third kappa shape index (κ3) is 3.96. The Bertz CT molecular complexity index is 918. The lowest BCUT2D eigenvalue weighted by atomic mass is 10.2. The van der Waals surface area contributed by atoms with Crippen LogP contribution in [-0.2, 0) is 13.0 Å². The summed E-state index contributed by atoms with van der Waals surface area (Å²) in [5, 5.41) is 2.77. The minimum Gasteiger partial charge on any atom is -0.406 e. The summed E-state index contributed by atoms with van der Waals surface area (Å²) in [6, 6.07) is 10.8. The van der Waals surface area contributed by atoms with E-state index in [0.29, 0.717) is 29.0 Å². The smallest absolute Gasteiger partial charge is 0.406 e. The van der Waals surface area contributed by atoms with E-state index in [1.54, 1.807) is 10.6 Å². The van der Waals surface area contributed by atoms with Crippen LogP contribution in [0.2, 0.25) is 0 Å². The van der Waals surface area contributed by atoms with Gasteiger partial charge in [0.25, 0.3) is 5.91 Å². The predicted molar refractivity (Wildman–Crippen MR) is 88.9 cm³/mol. The lowest BCUT2D eigenvalue weighted by Crippen LogP contribution is -2.25. The van der Waals surface area contributed by atoms with Gasteiger partial charge in [0.1, 0.15) is 17.1 Å². The summed E-state index contributed by atoms with van der Waals surface area (Å²) in [6.45, 7) is 2.09. The number of ether oxygens (including phenoxy) is 1. The highest BCUT2D eigenvalue weighted by Crippen LogP contribution is 2.22. The summed E-state index contributed by atoms with van der Waals surface area (Å²) in [4.78, 5) is 17.0. The molecular weight excluding hydrogens is 347 g/mol. The normalized spacial score (nSPS) is 11.5. The van der Waals surface area contributed by atoms with Gasteiger partial charge in [0.05, 0.1) is 5.69 Å². The van der Waals surface area contributed by atoms with Crippen molar-refractivity contribution in [3.8, 4) is 5.75 Å². The first kappa shape index (κ1) is 17.8. The standard InChI is InChI=1S/C18H16F3N3O2/c1-2-14-16(24-10-4-3-5-15(24)23-14)17(25)22-11-12-6-8-13(9-7-12)26-18(19,20)21/h3-10H,2,11H2,1H3,(H,22,25). The van der Waals surface area contributed by atoms with Gasteiger partial charge in [-0.05, 0) is 36.2 Å². The quantitative estimate of drug-likeness (QED) is 0.752. The van der Waals surface area contributed by atoms with Gasteiger partial charge in [-0.1, -0.05) is 25.1 Å². The zero-order chi connectivity index (χ0) is 18.7. The molecule has 2 aromatic heterocycles. The summed E-state index contributed by atoms with van der Waals surface area (Å²) < 4.78 is 42.0. The number of aryl methyl sites for hydroxylation is 1. The molecular formula is C18H16F3N3O2. The van der Waals surface area contributed by atoms with E-state index in [2.05, 4.69) is 15.0 Å². The number of benzene rings is 1. The van der Waals surface area contributed by atoms with Gasteiger partial charge < -0.3 is 10.1 Å². The molecule has 8 heteroatoms. The molecule has 26 heavy (non-hydrogen) atoms. The van der Waals surface area contributed by atoms with Crippen molar-refractivity contribution in [3.63, 3.8) is 0 Å². The van der Waals surface area contributed by atoms with E-state index in [-0.39, 0.29) is 18.2 Å². The number of aromatic nitrogens is 2. The molecule has 136 valence electrons. The number of halogens is 3.